The molecule has 0 fully saturated rings. The molecule has 0 radical (unpaired) electrons. The summed E-state index contributed by atoms with van der Waals surface area (Å²) in [5, 5.41) is 0. The second-order valence-electron chi connectivity index (χ2n) is 3.96. The van der Waals surface area contributed by atoms with Crippen LogP contribution in [0.15, 0.2) is 25.3 Å². The minimum atomic E-state index is -4.63. The Labute approximate surface area is 102 Å². The molecule has 0 aliphatic rings. The van der Waals surface area contributed by atoms with Crippen molar-refractivity contribution in [3.05, 3.63) is 25.3 Å². The predicted octanol–water partition coefficient (Wildman–Crippen LogP) is 1.01. The molecule has 0 aromatic heterocycles. The van der Waals surface area contributed by atoms with Crippen molar-refractivity contribution in [2.75, 3.05) is 0 Å². The van der Waals surface area contributed by atoms with E-state index in [0.29, 0.717) is 12.8 Å². The Morgan fingerprint density at radius 2 is 2.00 bits per heavy atom. The van der Waals surface area contributed by atoms with Gasteiger partial charge < -0.3 is 21.3 Å². The lowest BCUT2D eigenvalue weighted by Gasteiger charge is -2.29. The summed E-state index contributed by atoms with van der Waals surface area (Å²) in [6.07, 6.45) is 4.60. The maximum Gasteiger partial charge on any atom is 0.471 e. The minimum Gasteiger partial charge on any atom is -0.327 e. The molecule has 0 saturated heterocycles. The van der Waals surface area contributed by atoms with Gasteiger partial charge in [0, 0.05) is 12.5 Å². The van der Waals surface area contributed by atoms with Crippen LogP contribution < -0.4 is 11.5 Å². The maximum atomic E-state index is 10.8. The molecule has 0 rings (SSSR count). The lowest BCUT2D eigenvalue weighted by Crippen LogP contribution is -2.42. The van der Waals surface area contributed by atoms with Gasteiger partial charge in [0.1, 0.15) is 5.72 Å². The molecule has 6 N–H and O–H groups in total. The van der Waals surface area contributed by atoms with Crippen LogP contribution in [0.1, 0.15) is 25.7 Å². The van der Waals surface area contributed by atoms with Gasteiger partial charge in [0.05, 0.1) is 0 Å². The van der Waals surface area contributed by atoms with Gasteiger partial charge in [0.25, 0.3) is 0 Å². The van der Waals surface area contributed by atoms with Gasteiger partial charge in [-0.1, -0.05) is 12.2 Å². The summed E-state index contributed by atoms with van der Waals surface area (Å²) in [4.78, 5) is 17.6. The first kappa shape index (κ1) is 16.5. The monoisotopic (exact) mass is 264 g/mol. The molecule has 0 heterocycles. The SMILES string of the molecule is C=CCC(N)CCC(N)(CC=C)OP(=O)(O)O. The molecule has 100 valence electrons. The van der Waals surface area contributed by atoms with Crippen molar-refractivity contribution in [2.45, 2.75) is 37.5 Å². The molecule has 0 aromatic carbocycles. The summed E-state index contributed by atoms with van der Waals surface area (Å²) < 4.78 is 15.4. The molecule has 0 aliphatic heterocycles. The molecule has 0 bridgehead atoms. The fraction of sp³-hybridized carbons (Fsp3) is 0.600. The highest BCUT2D eigenvalue weighted by Crippen LogP contribution is 2.42. The second-order valence-corrected chi connectivity index (χ2v) is 5.13. The molecule has 0 amide bonds. The number of phosphoric acid groups is 1. The predicted molar refractivity (Wildman–Crippen MR) is 66.9 cm³/mol. The van der Waals surface area contributed by atoms with Gasteiger partial charge in [-0.3, -0.25) is 4.52 Å². The van der Waals surface area contributed by atoms with Crippen molar-refractivity contribution in [3.63, 3.8) is 0 Å². The summed E-state index contributed by atoms with van der Waals surface area (Å²) >= 11 is 0. The Balaban J connectivity index is 4.45. The largest absolute Gasteiger partial charge is 0.471 e. The first-order chi connectivity index (χ1) is 7.72. The van der Waals surface area contributed by atoms with Crippen LogP contribution >= 0.6 is 7.82 Å². The van der Waals surface area contributed by atoms with Crippen LogP contribution in [-0.4, -0.2) is 21.6 Å². The number of nitrogens with two attached hydrogens (primary N) is 2. The third kappa shape index (κ3) is 8.26. The molecule has 0 aromatic rings. The van der Waals surface area contributed by atoms with Crippen LogP contribution in [-0.2, 0) is 9.09 Å². The molecule has 6 nitrogen and oxygen atoms in total. The zero-order chi connectivity index (χ0) is 13.5. The van der Waals surface area contributed by atoms with Crippen LogP contribution in [0.4, 0.5) is 0 Å². The maximum absolute atomic E-state index is 10.8. The smallest absolute Gasteiger partial charge is 0.327 e. The van der Waals surface area contributed by atoms with E-state index in [1.165, 1.54) is 6.08 Å². The van der Waals surface area contributed by atoms with E-state index in [0.717, 1.165) is 0 Å². The molecule has 0 saturated carbocycles. The van der Waals surface area contributed by atoms with Gasteiger partial charge in [0.2, 0.25) is 0 Å². The van der Waals surface area contributed by atoms with Gasteiger partial charge in [-0.2, -0.15) is 0 Å². The molecule has 7 heteroatoms. The van der Waals surface area contributed by atoms with Crippen molar-refractivity contribution in [1.82, 2.24) is 0 Å². The van der Waals surface area contributed by atoms with Crippen LogP contribution in [0.3, 0.4) is 0 Å². The minimum absolute atomic E-state index is 0.138. The average Bonchev–Trinajstić information content (AvgIpc) is 2.13. The van der Waals surface area contributed by atoms with Crippen LogP contribution in [0, 0.1) is 0 Å². The van der Waals surface area contributed by atoms with E-state index >= 15 is 0 Å². The third-order valence-corrected chi connectivity index (χ3v) is 2.80. The summed E-state index contributed by atoms with van der Waals surface area (Å²) in [6.45, 7) is 7.04. The van der Waals surface area contributed by atoms with Gasteiger partial charge in [-0.05, 0) is 19.3 Å². The van der Waals surface area contributed by atoms with E-state index in [2.05, 4.69) is 17.7 Å². The molecule has 0 spiro atoms. The Morgan fingerprint density at radius 3 is 2.41 bits per heavy atom. The number of hydrogen-bond donors (Lipinski definition) is 4. The topological polar surface area (TPSA) is 119 Å². The highest BCUT2D eigenvalue weighted by molar-refractivity contribution is 7.46. The fourth-order valence-corrected chi connectivity index (χ4v) is 2.07. The summed E-state index contributed by atoms with van der Waals surface area (Å²) in [5.74, 6) is 0. The van der Waals surface area contributed by atoms with Gasteiger partial charge in [-0.15, -0.1) is 13.2 Å². The van der Waals surface area contributed by atoms with Gasteiger partial charge in [-0.25, -0.2) is 4.57 Å². The first-order valence-corrected chi connectivity index (χ1v) is 6.78. The standard InChI is InChI=1S/C10H21N2O4P/c1-3-5-9(11)6-8-10(12,7-4-2)16-17(13,14)15/h3-4,9H,1-2,5-8,11-12H2,(H2,13,14,15). The first-order valence-electron chi connectivity index (χ1n) is 5.25. The Hall–Kier alpha value is -0.490. The summed E-state index contributed by atoms with van der Waals surface area (Å²) in [7, 11) is -4.63. The van der Waals surface area contributed by atoms with E-state index in [1.807, 2.05) is 0 Å². The van der Waals surface area contributed by atoms with Crippen LogP contribution in [0.5, 0.6) is 0 Å². The molecule has 2 unspecified atom stereocenters. The summed E-state index contributed by atoms with van der Waals surface area (Å²) in [5.41, 5.74) is 10.1. The number of rotatable bonds is 9. The van der Waals surface area contributed by atoms with E-state index in [9.17, 15) is 4.57 Å². The summed E-state index contributed by atoms with van der Waals surface area (Å²) in [6, 6.07) is -0.152. The van der Waals surface area contributed by atoms with Gasteiger partial charge >= 0.3 is 7.82 Å². The normalized spacial score (nSPS) is 17.2. The zero-order valence-electron chi connectivity index (χ0n) is 9.79. The molecule has 0 aliphatic carbocycles. The highest BCUT2D eigenvalue weighted by atomic mass is 31.2. The van der Waals surface area contributed by atoms with Crippen molar-refractivity contribution in [1.29, 1.82) is 0 Å². The quantitative estimate of drug-likeness (QED) is 0.280. The Morgan fingerprint density at radius 1 is 1.41 bits per heavy atom. The van der Waals surface area contributed by atoms with Crippen LogP contribution in [0.2, 0.25) is 0 Å². The number of phosphoric ester groups is 1. The molecular formula is C10H21N2O4P. The van der Waals surface area contributed by atoms with E-state index in [4.69, 9.17) is 21.3 Å². The lowest BCUT2D eigenvalue weighted by atomic mass is 10.00. The van der Waals surface area contributed by atoms with Crippen molar-refractivity contribution in [3.8, 4) is 0 Å². The van der Waals surface area contributed by atoms with E-state index in [-0.39, 0.29) is 18.9 Å². The van der Waals surface area contributed by atoms with Crippen molar-refractivity contribution in [2.24, 2.45) is 11.5 Å². The van der Waals surface area contributed by atoms with Gasteiger partial charge in [0.15, 0.2) is 0 Å². The highest BCUT2D eigenvalue weighted by Gasteiger charge is 2.33. The third-order valence-electron chi connectivity index (χ3n) is 2.20. The zero-order valence-corrected chi connectivity index (χ0v) is 10.7. The molecular weight excluding hydrogens is 243 g/mol. The number of hydrogen-bond acceptors (Lipinski definition) is 4. The van der Waals surface area contributed by atoms with Crippen molar-refractivity contribution < 1.29 is 18.9 Å². The second kappa shape index (κ2) is 7.06. The van der Waals surface area contributed by atoms with E-state index in [1.54, 1.807) is 6.08 Å². The average molecular weight is 264 g/mol. The van der Waals surface area contributed by atoms with Crippen molar-refractivity contribution >= 4 is 7.82 Å². The van der Waals surface area contributed by atoms with E-state index < -0.39 is 13.5 Å². The fourth-order valence-electron chi connectivity index (χ4n) is 1.43. The van der Waals surface area contributed by atoms with Crippen LogP contribution in [0.25, 0.3) is 0 Å². The lowest BCUT2D eigenvalue weighted by molar-refractivity contribution is 0.0309. The molecule has 2 atom stereocenters. The Kier molecular flexibility index (Phi) is 6.85. The molecule has 17 heavy (non-hydrogen) atoms. The Bertz CT molecular complexity index is 305.